The van der Waals surface area contributed by atoms with Gasteiger partial charge in [0.15, 0.2) is 0 Å². The molecule has 0 saturated heterocycles. The molecule has 0 aliphatic heterocycles. The van der Waals surface area contributed by atoms with Crippen molar-refractivity contribution in [3.05, 3.63) is 59.7 Å². The Hall–Kier alpha value is -4.21. The zero-order chi connectivity index (χ0) is 22.4. The van der Waals surface area contributed by atoms with E-state index < -0.39 is 11.9 Å². The van der Waals surface area contributed by atoms with Crippen LogP contribution in [-0.2, 0) is 0 Å². The number of nitrogens with zero attached hydrogens (tertiary/aromatic N) is 4. The van der Waals surface area contributed by atoms with E-state index in [4.69, 9.17) is 19.7 Å². The van der Waals surface area contributed by atoms with Crippen LogP contribution in [0, 0.1) is 0 Å². The van der Waals surface area contributed by atoms with E-state index in [9.17, 15) is 9.59 Å². The Balaban J connectivity index is 1.90. The van der Waals surface area contributed by atoms with Crippen molar-refractivity contribution in [3.63, 3.8) is 0 Å². The van der Waals surface area contributed by atoms with Gasteiger partial charge >= 0.3 is 24.0 Å². The summed E-state index contributed by atoms with van der Waals surface area (Å²) in [6.07, 6.45) is 0. The number of ether oxygens (including phenoxy) is 2. The van der Waals surface area contributed by atoms with Crippen molar-refractivity contribution in [1.82, 2.24) is 15.0 Å². The smallest absolute Gasteiger partial charge is 0.335 e. The first kappa shape index (κ1) is 21.5. The van der Waals surface area contributed by atoms with Gasteiger partial charge in [-0.15, -0.1) is 4.98 Å². The Kier molecular flexibility index (Phi) is 6.61. The third-order valence-electron chi connectivity index (χ3n) is 4.25. The standard InChI is InChI=1S/C21H20N4O6/c1-3-25(4-2)19-22-20(30-15-9-5-13(6-10-15)17(26)27)24-21(23-19)31-16-11-7-14(8-12-16)18(28)29/h5-12H,3-4H2,1-2H3,(H,26,27)(H,28,29). The lowest BCUT2D eigenvalue weighted by Gasteiger charge is -2.19. The summed E-state index contributed by atoms with van der Waals surface area (Å²) >= 11 is 0. The molecule has 0 fully saturated rings. The Morgan fingerprint density at radius 1 is 0.742 bits per heavy atom. The lowest BCUT2D eigenvalue weighted by atomic mass is 10.2. The summed E-state index contributed by atoms with van der Waals surface area (Å²) in [4.78, 5) is 36.7. The monoisotopic (exact) mass is 424 g/mol. The zero-order valence-electron chi connectivity index (χ0n) is 16.8. The number of benzene rings is 2. The van der Waals surface area contributed by atoms with Crippen molar-refractivity contribution in [3.8, 4) is 23.5 Å². The molecule has 0 atom stereocenters. The highest BCUT2D eigenvalue weighted by Crippen LogP contribution is 2.25. The summed E-state index contributed by atoms with van der Waals surface area (Å²) in [7, 11) is 0. The van der Waals surface area contributed by atoms with Crippen LogP contribution < -0.4 is 14.4 Å². The minimum absolute atomic E-state index is 0.0304. The maximum Gasteiger partial charge on any atom is 0.335 e. The number of aromatic nitrogens is 3. The van der Waals surface area contributed by atoms with Gasteiger partial charge in [0.1, 0.15) is 11.5 Å². The van der Waals surface area contributed by atoms with Crippen LogP contribution in [0.15, 0.2) is 48.5 Å². The molecule has 0 radical (unpaired) electrons. The largest absolute Gasteiger partial charge is 0.478 e. The maximum atomic E-state index is 11.0. The summed E-state index contributed by atoms with van der Waals surface area (Å²) < 4.78 is 11.4. The fourth-order valence-electron chi connectivity index (χ4n) is 2.61. The third-order valence-corrected chi connectivity index (χ3v) is 4.25. The van der Waals surface area contributed by atoms with Crippen LogP contribution in [0.3, 0.4) is 0 Å². The van der Waals surface area contributed by atoms with Gasteiger partial charge in [-0.2, -0.15) is 9.97 Å². The van der Waals surface area contributed by atoms with Crippen LogP contribution in [0.2, 0.25) is 0 Å². The van der Waals surface area contributed by atoms with E-state index in [0.29, 0.717) is 30.5 Å². The molecule has 0 aliphatic carbocycles. The molecule has 0 amide bonds. The second kappa shape index (κ2) is 9.53. The van der Waals surface area contributed by atoms with Gasteiger partial charge in [-0.25, -0.2) is 9.59 Å². The van der Waals surface area contributed by atoms with Crippen LogP contribution in [0.5, 0.6) is 23.5 Å². The molecule has 31 heavy (non-hydrogen) atoms. The Labute approximate surface area is 177 Å². The summed E-state index contributed by atoms with van der Waals surface area (Å²) in [5, 5.41) is 18.0. The average molecular weight is 424 g/mol. The number of hydrogen-bond acceptors (Lipinski definition) is 8. The lowest BCUT2D eigenvalue weighted by Crippen LogP contribution is -2.24. The zero-order valence-corrected chi connectivity index (χ0v) is 16.8. The van der Waals surface area contributed by atoms with Gasteiger partial charge < -0.3 is 24.6 Å². The number of hydrogen-bond donors (Lipinski definition) is 2. The van der Waals surface area contributed by atoms with E-state index in [0.717, 1.165) is 0 Å². The Morgan fingerprint density at radius 3 is 1.45 bits per heavy atom. The summed E-state index contributed by atoms with van der Waals surface area (Å²) in [6, 6.07) is 11.6. The van der Waals surface area contributed by atoms with E-state index in [1.807, 2.05) is 18.7 Å². The predicted octanol–water partition coefficient (Wildman–Crippen LogP) is 3.70. The van der Waals surface area contributed by atoms with Gasteiger partial charge in [-0.05, 0) is 62.4 Å². The second-order valence-electron chi connectivity index (χ2n) is 6.24. The number of carboxylic acid groups (broad SMARTS) is 2. The first-order valence-electron chi connectivity index (χ1n) is 9.43. The van der Waals surface area contributed by atoms with Gasteiger partial charge in [0, 0.05) is 13.1 Å². The predicted molar refractivity (Wildman–Crippen MR) is 110 cm³/mol. The molecule has 3 rings (SSSR count). The first-order valence-corrected chi connectivity index (χ1v) is 9.43. The SMILES string of the molecule is CCN(CC)c1nc(Oc2ccc(C(=O)O)cc2)nc(Oc2ccc(C(=O)O)cc2)n1. The second-order valence-corrected chi connectivity index (χ2v) is 6.24. The van der Waals surface area contributed by atoms with Gasteiger partial charge in [-0.1, -0.05) is 0 Å². The summed E-state index contributed by atoms with van der Waals surface area (Å²) in [6.45, 7) is 5.17. The van der Waals surface area contributed by atoms with Crippen molar-refractivity contribution < 1.29 is 29.3 Å². The van der Waals surface area contributed by atoms with Crippen molar-refractivity contribution >= 4 is 17.9 Å². The van der Waals surface area contributed by atoms with Crippen molar-refractivity contribution in [2.75, 3.05) is 18.0 Å². The average Bonchev–Trinajstić information content (AvgIpc) is 2.75. The highest BCUT2D eigenvalue weighted by Gasteiger charge is 2.15. The fourth-order valence-corrected chi connectivity index (χ4v) is 2.61. The summed E-state index contributed by atoms with van der Waals surface area (Å²) in [5.74, 6) is -1.05. The number of rotatable bonds is 9. The fraction of sp³-hybridized carbons (Fsp3) is 0.190. The molecule has 0 bridgehead atoms. The molecule has 160 valence electrons. The molecule has 2 aromatic carbocycles. The molecule has 0 saturated carbocycles. The van der Waals surface area contributed by atoms with Crippen molar-refractivity contribution in [2.24, 2.45) is 0 Å². The maximum absolute atomic E-state index is 11.0. The topological polar surface area (TPSA) is 135 Å². The number of anilines is 1. The van der Waals surface area contributed by atoms with Crippen LogP contribution in [0.4, 0.5) is 5.95 Å². The van der Waals surface area contributed by atoms with E-state index in [1.54, 1.807) is 0 Å². The minimum atomic E-state index is -1.04. The molecule has 10 heteroatoms. The molecule has 0 spiro atoms. The highest BCUT2D eigenvalue weighted by atomic mass is 16.5. The third kappa shape index (κ3) is 5.44. The Bertz CT molecular complexity index is 988. The van der Waals surface area contributed by atoms with Gasteiger partial charge in [0.25, 0.3) is 0 Å². The van der Waals surface area contributed by atoms with Crippen LogP contribution in [-0.4, -0.2) is 50.2 Å². The molecule has 2 N–H and O–H groups in total. The molecule has 1 heterocycles. The summed E-state index contributed by atoms with van der Waals surface area (Å²) in [5.41, 5.74) is 0.251. The molecule has 1 aromatic heterocycles. The van der Waals surface area contributed by atoms with Crippen molar-refractivity contribution in [1.29, 1.82) is 0 Å². The quantitative estimate of drug-likeness (QED) is 0.523. The molecule has 0 aliphatic rings. The normalized spacial score (nSPS) is 10.4. The molecular weight excluding hydrogens is 404 g/mol. The number of aromatic carboxylic acids is 2. The molecular formula is C21H20N4O6. The van der Waals surface area contributed by atoms with Gasteiger partial charge in [-0.3, -0.25) is 0 Å². The van der Waals surface area contributed by atoms with E-state index in [-0.39, 0.29) is 23.1 Å². The van der Waals surface area contributed by atoms with Gasteiger partial charge in [0.2, 0.25) is 5.95 Å². The van der Waals surface area contributed by atoms with E-state index in [2.05, 4.69) is 15.0 Å². The number of carboxylic acids is 2. The van der Waals surface area contributed by atoms with E-state index >= 15 is 0 Å². The van der Waals surface area contributed by atoms with Crippen molar-refractivity contribution in [2.45, 2.75) is 13.8 Å². The van der Waals surface area contributed by atoms with E-state index in [1.165, 1.54) is 48.5 Å². The van der Waals surface area contributed by atoms with Crippen LogP contribution in [0.25, 0.3) is 0 Å². The molecule has 0 unspecified atom stereocenters. The molecule has 10 nitrogen and oxygen atoms in total. The van der Waals surface area contributed by atoms with Crippen LogP contribution >= 0.6 is 0 Å². The highest BCUT2D eigenvalue weighted by molar-refractivity contribution is 5.88. The molecule has 3 aromatic rings. The Morgan fingerprint density at radius 2 is 1.13 bits per heavy atom. The van der Waals surface area contributed by atoms with Gasteiger partial charge in [0.05, 0.1) is 11.1 Å². The van der Waals surface area contributed by atoms with Crippen LogP contribution in [0.1, 0.15) is 34.6 Å². The number of carbonyl (C=O) groups is 2. The lowest BCUT2D eigenvalue weighted by molar-refractivity contribution is 0.0686. The first-order chi connectivity index (χ1) is 14.9. The minimum Gasteiger partial charge on any atom is -0.478 e.